The average molecular weight is 267 g/mol. The van der Waals surface area contributed by atoms with Crippen molar-refractivity contribution in [2.75, 3.05) is 44.2 Å². The standard InChI is InChI=1S/C12H21N5O2/c1-18-7-9-4-3-5-17(6-9)12-10(19-2)11(16-13)14-8-15-12/h8-9H,3-7,13H2,1-2H3,(H,14,15,16). The van der Waals surface area contributed by atoms with Gasteiger partial charge in [-0.25, -0.2) is 15.8 Å². The second-order valence-corrected chi connectivity index (χ2v) is 4.63. The number of nitrogens with zero attached hydrogens (tertiary/aromatic N) is 3. The number of piperidine rings is 1. The molecule has 1 saturated heterocycles. The van der Waals surface area contributed by atoms with Crippen molar-refractivity contribution >= 4 is 11.6 Å². The molecule has 0 spiro atoms. The van der Waals surface area contributed by atoms with Crippen molar-refractivity contribution < 1.29 is 9.47 Å². The van der Waals surface area contributed by atoms with Gasteiger partial charge in [-0.1, -0.05) is 0 Å². The lowest BCUT2D eigenvalue weighted by Crippen LogP contribution is -2.38. The molecule has 7 heteroatoms. The molecule has 1 aromatic heterocycles. The Labute approximate surface area is 113 Å². The van der Waals surface area contributed by atoms with Gasteiger partial charge in [0, 0.05) is 20.2 Å². The minimum atomic E-state index is 0.501. The quantitative estimate of drug-likeness (QED) is 0.598. The van der Waals surface area contributed by atoms with E-state index >= 15 is 0 Å². The first-order chi connectivity index (χ1) is 9.30. The van der Waals surface area contributed by atoms with Crippen LogP contribution in [0.15, 0.2) is 6.33 Å². The van der Waals surface area contributed by atoms with Gasteiger partial charge in [0.1, 0.15) is 6.33 Å². The Morgan fingerprint density at radius 3 is 3.00 bits per heavy atom. The predicted molar refractivity (Wildman–Crippen MR) is 73.2 cm³/mol. The van der Waals surface area contributed by atoms with Crippen molar-refractivity contribution in [3.63, 3.8) is 0 Å². The number of hydrazine groups is 1. The molecule has 2 heterocycles. The second kappa shape index (κ2) is 6.53. The van der Waals surface area contributed by atoms with E-state index < -0.39 is 0 Å². The highest BCUT2D eigenvalue weighted by Crippen LogP contribution is 2.33. The van der Waals surface area contributed by atoms with Gasteiger partial charge in [-0.3, -0.25) is 0 Å². The Bertz CT molecular complexity index is 413. The van der Waals surface area contributed by atoms with Crippen molar-refractivity contribution in [1.82, 2.24) is 9.97 Å². The third kappa shape index (κ3) is 3.05. The molecular formula is C12H21N5O2. The van der Waals surface area contributed by atoms with Gasteiger partial charge >= 0.3 is 0 Å². The normalized spacial score (nSPS) is 19.3. The fourth-order valence-electron chi connectivity index (χ4n) is 2.51. The summed E-state index contributed by atoms with van der Waals surface area (Å²) in [5.74, 6) is 7.83. The van der Waals surface area contributed by atoms with Crippen LogP contribution < -0.4 is 20.9 Å². The molecule has 2 rings (SSSR count). The first kappa shape index (κ1) is 13.8. The highest BCUT2D eigenvalue weighted by Gasteiger charge is 2.24. The van der Waals surface area contributed by atoms with Crippen molar-refractivity contribution in [2.45, 2.75) is 12.8 Å². The lowest BCUT2D eigenvalue weighted by atomic mass is 9.99. The van der Waals surface area contributed by atoms with Crippen LogP contribution in [0.25, 0.3) is 0 Å². The van der Waals surface area contributed by atoms with Crippen LogP contribution in [0.3, 0.4) is 0 Å². The maximum absolute atomic E-state index is 5.44. The zero-order valence-corrected chi connectivity index (χ0v) is 11.4. The average Bonchev–Trinajstić information content (AvgIpc) is 2.47. The van der Waals surface area contributed by atoms with Crippen LogP contribution in [0.2, 0.25) is 0 Å². The van der Waals surface area contributed by atoms with Crippen molar-refractivity contribution in [3.05, 3.63) is 6.33 Å². The van der Waals surface area contributed by atoms with E-state index in [1.807, 2.05) is 0 Å². The molecule has 0 radical (unpaired) electrons. The minimum absolute atomic E-state index is 0.501. The van der Waals surface area contributed by atoms with Crippen molar-refractivity contribution in [3.8, 4) is 5.75 Å². The lowest BCUT2D eigenvalue weighted by molar-refractivity contribution is 0.143. The maximum atomic E-state index is 5.44. The molecule has 0 aliphatic carbocycles. The van der Waals surface area contributed by atoms with E-state index in [9.17, 15) is 0 Å². The van der Waals surface area contributed by atoms with E-state index in [1.54, 1.807) is 14.2 Å². The number of nitrogens with one attached hydrogen (secondary N) is 1. The van der Waals surface area contributed by atoms with E-state index in [4.69, 9.17) is 15.3 Å². The molecule has 7 nitrogen and oxygen atoms in total. The molecule has 1 aliphatic heterocycles. The Morgan fingerprint density at radius 2 is 2.32 bits per heavy atom. The SMILES string of the molecule is COCC1CCCN(c2ncnc(NN)c2OC)C1. The van der Waals surface area contributed by atoms with Crippen LogP contribution in [0.1, 0.15) is 12.8 Å². The molecule has 0 bridgehead atoms. The fourth-order valence-corrected chi connectivity index (χ4v) is 2.51. The van der Waals surface area contributed by atoms with E-state index in [2.05, 4.69) is 20.3 Å². The Kier molecular flexibility index (Phi) is 4.75. The summed E-state index contributed by atoms with van der Waals surface area (Å²) >= 11 is 0. The molecule has 1 fully saturated rings. The summed E-state index contributed by atoms with van der Waals surface area (Å²) < 4.78 is 10.6. The smallest absolute Gasteiger partial charge is 0.205 e. The number of nitrogen functional groups attached to an aromatic ring is 1. The molecule has 1 aromatic rings. The number of rotatable bonds is 5. The molecule has 106 valence electrons. The third-order valence-corrected chi connectivity index (χ3v) is 3.35. The van der Waals surface area contributed by atoms with E-state index in [0.29, 0.717) is 17.5 Å². The number of nitrogens with two attached hydrogens (primary N) is 1. The Hall–Kier alpha value is -1.60. The summed E-state index contributed by atoms with van der Waals surface area (Å²) in [6.07, 6.45) is 3.79. The van der Waals surface area contributed by atoms with Crippen LogP contribution in [-0.2, 0) is 4.74 Å². The lowest BCUT2D eigenvalue weighted by Gasteiger charge is -2.34. The third-order valence-electron chi connectivity index (χ3n) is 3.35. The summed E-state index contributed by atoms with van der Waals surface area (Å²) in [5.41, 5.74) is 2.53. The van der Waals surface area contributed by atoms with E-state index in [1.165, 1.54) is 12.7 Å². The van der Waals surface area contributed by atoms with Gasteiger partial charge in [0.15, 0.2) is 11.6 Å². The first-order valence-corrected chi connectivity index (χ1v) is 6.39. The number of aromatic nitrogens is 2. The summed E-state index contributed by atoms with van der Waals surface area (Å²) in [7, 11) is 3.33. The van der Waals surface area contributed by atoms with Crippen LogP contribution in [0.5, 0.6) is 5.75 Å². The summed E-state index contributed by atoms with van der Waals surface area (Å²) in [6.45, 7) is 2.63. The molecule has 0 saturated carbocycles. The topological polar surface area (TPSA) is 85.5 Å². The first-order valence-electron chi connectivity index (χ1n) is 6.39. The van der Waals surface area contributed by atoms with Gasteiger partial charge in [-0.15, -0.1) is 0 Å². The summed E-state index contributed by atoms with van der Waals surface area (Å²) in [4.78, 5) is 10.6. The molecule has 0 amide bonds. The molecule has 1 aliphatic rings. The molecule has 3 N–H and O–H groups in total. The summed E-state index contributed by atoms with van der Waals surface area (Å²) in [5, 5.41) is 0. The van der Waals surface area contributed by atoms with Gasteiger partial charge in [-0.2, -0.15) is 0 Å². The largest absolute Gasteiger partial charge is 0.490 e. The van der Waals surface area contributed by atoms with Crippen LogP contribution in [-0.4, -0.2) is 43.9 Å². The maximum Gasteiger partial charge on any atom is 0.205 e. The monoisotopic (exact) mass is 267 g/mol. The van der Waals surface area contributed by atoms with Gasteiger partial charge < -0.3 is 19.8 Å². The van der Waals surface area contributed by atoms with E-state index in [-0.39, 0.29) is 0 Å². The van der Waals surface area contributed by atoms with Crippen LogP contribution in [0.4, 0.5) is 11.6 Å². The van der Waals surface area contributed by atoms with Crippen LogP contribution >= 0.6 is 0 Å². The summed E-state index contributed by atoms with van der Waals surface area (Å²) in [6, 6.07) is 0. The number of methoxy groups -OCH3 is 2. The highest BCUT2D eigenvalue weighted by molar-refractivity contribution is 5.64. The van der Waals surface area contributed by atoms with Gasteiger partial charge in [0.2, 0.25) is 5.75 Å². The Balaban J connectivity index is 2.20. The van der Waals surface area contributed by atoms with Crippen molar-refractivity contribution in [2.24, 2.45) is 11.8 Å². The number of hydrogen-bond acceptors (Lipinski definition) is 7. The zero-order valence-electron chi connectivity index (χ0n) is 11.4. The zero-order chi connectivity index (χ0) is 13.7. The van der Waals surface area contributed by atoms with E-state index in [0.717, 1.165) is 31.9 Å². The predicted octanol–water partition coefficient (Wildman–Crippen LogP) is 0.634. The Morgan fingerprint density at radius 1 is 1.47 bits per heavy atom. The fraction of sp³-hybridized carbons (Fsp3) is 0.667. The molecule has 1 unspecified atom stereocenters. The van der Waals surface area contributed by atoms with Gasteiger partial charge in [0.05, 0.1) is 13.7 Å². The molecule has 0 aromatic carbocycles. The highest BCUT2D eigenvalue weighted by atomic mass is 16.5. The molecular weight excluding hydrogens is 246 g/mol. The van der Waals surface area contributed by atoms with Gasteiger partial charge in [0.25, 0.3) is 0 Å². The van der Waals surface area contributed by atoms with Crippen molar-refractivity contribution in [1.29, 1.82) is 0 Å². The second-order valence-electron chi connectivity index (χ2n) is 4.63. The minimum Gasteiger partial charge on any atom is -0.490 e. The number of ether oxygens (including phenoxy) is 2. The molecule has 1 atom stereocenters. The van der Waals surface area contributed by atoms with Crippen LogP contribution in [0, 0.1) is 5.92 Å². The molecule has 19 heavy (non-hydrogen) atoms. The number of anilines is 2. The van der Waals surface area contributed by atoms with Gasteiger partial charge in [-0.05, 0) is 18.8 Å². The number of hydrogen-bond donors (Lipinski definition) is 2.